The lowest BCUT2D eigenvalue weighted by Gasteiger charge is -2.62. The van der Waals surface area contributed by atoms with Crippen molar-refractivity contribution in [2.45, 2.75) is 57.5 Å². The fourth-order valence-electron chi connectivity index (χ4n) is 5.59. The Morgan fingerprint density at radius 1 is 1.06 bits per heavy atom. The molecule has 3 fully saturated rings. The summed E-state index contributed by atoms with van der Waals surface area (Å²) in [7, 11) is -1.89. The third kappa shape index (κ3) is 3.99. The van der Waals surface area contributed by atoms with Gasteiger partial charge in [0.1, 0.15) is 0 Å². The van der Waals surface area contributed by atoms with Crippen molar-refractivity contribution in [2.75, 3.05) is 7.05 Å². The van der Waals surface area contributed by atoms with Crippen molar-refractivity contribution in [2.24, 2.45) is 23.2 Å². The number of nitrogens with zero attached hydrogens (tertiary/aromatic N) is 1. The lowest BCUT2D eigenvalue weighted by atomic mass is 9.45. The molecule has 172 valence electrons. The maximum atomic E-state index is 13.7. The molecule has 0 unspecified atom stereocenters. The maximum Gasteiger partial charge on any atom is 0.240 e. The van der Waals surface area contributed by atoms with E-state index < -0.39 is 16.1 Å². The van der Waals surface area contributed by atoms with Gasteiger partial charge in [0.15, 0.2) is 0 Å². The van der Waals surface area contributed by atoms with E-state index in [0.29, 0.717) is 5.92 Å². The molecule has 0 aromatic heterocycles. The fraction of sp³-hybridized carbons (Fsp3) is 0.500. The van der Waals surface area contributed by atoms with E-state index in [0.717, 1.165) is 24.0 Å². The van der Waals surface area contributed by atoms with Gasteiger partial charge in [0, 0.05) is 13.1 Å². The summed E-state index contributed by atoms with van der Waals surface area (Å²) in [6.45, 7) is 8.36. The van der Waals surface area contributed by atoms with Crippen LogP contribution in [0.1, 0.15) is 50.8 Å². The highest BCUT2D eigenvalue weighted by Gasteiger charge is 2.60. The number of nitrogens with one attached hydrogen (secondary N) is 1. The van der Waals surface area contributed by atoms with Crippen molar-refractivity contribution in [3.63, 3.8) is 0 Å². The van der Waals surface area contributed by atoms with Crippen molar-refractivity contribution < 1.29 is 13.2 Å². The van der Waals surface area contributed by atoms with Crippen molar-refractivity contribution in [1.29, 1.82) is 0 Å². The average molecular weight is 455 g/mol. The second-order valence-corrected chi connectivity index (χ2v) is 11.9. The molecular weight excluding hydrogens is 420 g/mol. The van der Waals surface area contributed by atoms with Crippen LogP contribution in [-0.2, 0) is 14.8 Å². The summed E-state index contributed by atoms with van der Waals surface area (Å²) in [6, 6.07) is 16.3. The Kier molecular flexibility index (Phi) is 5.97. The van der Waals surface area contributed by atoms with Crippen LogP contribution in [-0.4, -0.2) is 32.3 Å². The Hall–Kier alpha value is -2.18. The summed E-state index contributed by atoms with van der Waals surface area (Å²) >= 11 is 0. The first-order valence-electron chi connectivity index (χ1n) is 11.4. The summed E-state index contributed by atoms with van der Waals surface area (Å²) in [5.41, 5.74) is 2.11. The second-order valence-electron chi connectivity index (χ2n) is 10.2. The average Bonchev–Trinajstić information content (AvgIpc) is 2.78. The molecule has 2 aromatic carbocycles. The zero-order valence-electron chi connectivity index (χ0n) is 19.6. The minimum absolute atomic E-state index is 0.0168. The van der Waals surface area contributed by atoms with E-state index >= 15 is 0 Å². The second kappa shape index (κ2) is 8.31. The summed E-state index contributed by atoms with van der Waals surface area (Å²) < 4.78 is 29.4. The highest BCUT2D eigenvalue weighted by atomic mass is 32.2. The monoisotopic (exact) mass is 454 g/mol. The molecule has 1 amide bonds. The van der Waals surface area contributed by atoms with Gasteiger partial charge in [-0.15, -0.1) is 0 Å². The van der Waals surface area contributed by atoms with Crippen LogP contribution in [0.2, 0.25) is 0 Å². The highest BCUT2D eigenvalue weighted by molar-refractivity contribution is 7.89. The summed E-state index contributed by atoms with van der Waals surface area (Å²) in [5.74, 6) is 0.254. The van der Waals surface area contributed by atoms with Crippen molar-refractivity contribution in [3.05, 3.63) is 65.7 Å². The molecule has 0 radical (unpaired) electrons. The van der Waals surface area contributed by atoms with E-state index in [1.165, 1.54) is 0 Å². The number of fused-ring (bicyclic) bond motifs is 2. The van der Waals surface area contributed by atoms with Gasteiger partial charge in [0.25, 0.3) is 0 Å². The minimum Gasteiger partial charge on any atom is -0.339 e. The number of sulfonamides is 1. The predicted molar refractivity (Wildman–Crippen MR) is 126 cm³/mol. The molecular formula is C26H34N2O3S. The SMILES string of the molecule is Cc1ccc(S(=O)(=O)N[C@H]2[C@@H](C(=O)N(C)[C@@H](C)c3ccccc3)C[C@H]3C[C@@H]2C3(C)C)cc1. The van der Waals surface area contributed by atoms with Gasteiger partial charge < -0.3 is 4.90 Å². The van der Waals surface area contributed by atoms with Gasteiger partial charge in [0.2, 0.25) is 15.9 Å². The lowest BCUT2D eigenvalue weighted by molar-refractivity contribution is -0.155. The molecule has 0 aliphatic heterocycles. The molecule has 5 atom stereocenters. The zero-order chi connectivity index (χ0) is 23.3. The predicted octanol–water partition coefficient (Wildman–Crippen LogP) is 4.54. The largest absolute Gasteiger partial charge is 0.339 e. The molecule has 3 aliphatic carbocycles. The van der Waals surface area contributed by atoms with Gasteiger partial charge in [-0.3, -0.25) is 4.79 Å². The van der Waals surface area contributed by atoms with Gasteiger partial charge in [-0.05, 0) is 61.6 Å². The van der Waals surface area contributed by atoms with E-state index in [2.05, 4.69) is 18.6 Å². The van der Waals surface area contributed by atoms with E-state index in [1.807, 2.05) is 51.2 Å². The number of hydrogen-bond acceptors (Lipinski definition) is 3. The minimum atomic E-state index is -3.72. The van der Waals surface area contributed by atoms with Crippen LogP contribution in [0, 0.1) is 30.1 Å². The van der Waals surface area contributed by atoms with Crippen LogP contribution in [0.25, 0.3) is 0 Å². The number of amides is 1. The lowest BCUT2D eigenvalue weighted by Crippen LogP contribution is -2.65. The van der Waals surface area contributed by atoms with Crippen molar-refractivity contribution in [1.82, 2.24) is 9.62 Å². The molecule has 6 heteroatoms. The summed E-state index contributed by atoms with van der Waals surface area (Å²) in [5, 5.41) is 0. The Bertz CT molecular complexity index is 1080. The van der Waals surface area contributed by atoms with Gasteiger partial charge >= 0.3 is 0 Å². The molecule has 32 heavy (non-hydrogen) atoms. The van der Waals surface area contributed by atoms with Crippen LogP contribution < -0.4 is 4.72 Å². The van der Waals surface area contributed by atoms with E-state index in [4.69, 9.17) is 0 Å². The number of benzene rings is 2. The van der Waals surface area contributed by atoms with Crippen LogP contribution >= 0.6 is 0 Å². The van der Waals surface area contributed by atoms with Crippen molar-refractivity contribution in [3.8, 4) is 0 Å². The van der Waals surface area contributed by atoms with E-state index in [1.54, 1.807) is 29.2 Å². The molecule has 3 saturated carbocycles. The zero-order valence-corrected chi connectivity index (χ0v) is 20.4. The van der Waals surface area contributed by atoms with Crippen molar-refractivity contribution >= 4 is 15.9 Å². The molecule has 1 N–H and O–H groups in total. The Labute approximate surface area is 192 Å². The van der Waals surface area contributed by atoms with Crippen LogP contribution in [0.15, 0.2) is 59.5 Å². The molecule has 0 heterocycles. The van der Waals surface area contributed by atoms with Gasteiger partial charge in [-0.25, -0.2) is 13.1 Å². The molecule has 5 rings (SSSR count). The van der Waals surface area contributed by atoms with E-state index in [-0.39, 0.29) is 34.1 Å². The number of aryl methyl sites for hydroxylation is 1. The molecule has 3 aliphatic rings. The number of carbonyl (C=O) groups is 1. The molecule has 2 aromatic rings. The number of carbonyl (C=O) groups excluding carboxylic acids is 1. The normalized spacial score (nSPS) is 27.3. The molecule has 0 saturated heterocycles. The van der Waals surface area contributed by atoms with Gasteiger partial charge in [-0.2, -0.15) is 0 Å². The smallest absolute Gasteiger partial charge is 0.240 e. The third-order valence-corrected chi connectivity index (χ3v) is 9.58. The Morgan fingerprint density at radius 3 is 2.28 bits per heavy atom. The first-order chi connectivity index (χ1) is 15.0. The highest BCUT2D eigenvalue weighted by Crippen LogP contribution is 2.61. The molecule has 0 spiro atoms. The quantitative estimate of drug-likeness (QED) is 0.697. The van der Waals surface area contributed by atoms with E-state index in [9.17, 15) is 13.2 Å². The fourth-order valence-corrected chi connectivity index (χ4v) is 6.91. The van der Waals surface area contributed by atoms with Gasteiger partial charge in [0.05, 0.1) is 16.9 Å². The number of hydrogen-bond donors (Lipinski definition) is 1. The topological polar surface area (TPSA) is 66.5 Å². The maximum absolute atomic E-state index is 13.7. The molecule has 2 bridgehead atoms. The summed E-state index contributed by atoms with van der Waals surface area (Å²) in [4.78, 5) is 15.7. The first-order valence-corrected chi connectivity index (χ1v) is 12.9. The number of rotatable bonds is 6. The van der Waals surface area contributed by atoms with Crippen LogP contribution in [0.3, 0.4) is 0 Å². The first kappa shape index (κ1) is 23.0. The Balaban J connectivity index is 1.60. The standard InChI is InChI=1S/C26H34N2O3S/c1-17-11-13-21(14-12-17)32(30,31)27-24-22(15-20-16-23(24)26(20,3)4)25(29)28(5)18(2)19-9-7-6-8-10-19/h6-14,18,20,22-24,27H,15-16H2,1-5H3/t18-,20-,22-,23-,24-/m0/s1. The van der Waals surface area contributed by atoms with Crippen LogP contribution in [0.4, 0.5) is 0 Å². The summed E-state index contributed by atoms with van der Waals surface area (Å²) in [6.07, 6.45) is 1.69. The van der Waals surface area contributed by atoms with Gasteiger partial charge in [-0.1, -0.05) is 61.9 Å². The molecule has 5 nitrogen and oxygen atoms in total. The Morgan fingerprint density at radius 2 is 1.69 bits per heavy atom. The van der Waals surface area contributed by atoms with Crippen LogP contribution in [0.5, 0.6) is 0 Å². The third-order valence-electron chi connectivity index (χ3n) is 8.10.